The number of aliphatic hydroxyl groups is 1. The molecule has 1 atom stereocenters. The minimum absolute atomic E-state index is 0.0634. The van der Waals surface area contributed by atoms with E-state index >= 15 is 0 Å². The van der Waals surface area contributed by atoms with Crippen LogP contribution in [0, 0.1) is 11.8 Å². The lowest BCUT2D eigenvalue weighted by atomic mass is 10.2. The van der Waals surface area contributed by atoms with Gasteiger partial charge in [0.25, 0.3) is 0 Å². The van der Waals surface area contributed by atoms with Gasteiger partial charge in [-0.2, -0.15) is 11.8 Å². The minimum Gasteiger partial charge on any atom is -0.384 e. The second-order valence-corrected chi connectivity index (χ2v) is 6.26. The molecule has 0 saturated carbocycles. The number of hydrogen-bond donors (Lipinski definition) is 1. The van der Waals surface area contributed by atoms with Gasteiger partial charge in [-0.15, -0.1) is 11.3 Å². The van der Waals surface area contributed by atoms with Gasteiger partial charge in [0.15, 0.2) is 0 Å². The number of thiophene rings is 1. The summed E-state index contributed by atoms with van der Waals surface area (Å²) in [6, 6.07) is 2.70. The Balaban J connectivity index is 2.05. The van der Waals surface area contributed by atoms with Gasteiger partial charge in [0, 0.05) is 41.1 Å². The summed E-state index contributed by atoms with van der Waals surface area (Å²) in [6.07, 6.45) is 0. The predicted molar refractivity (Wildman–Crippen MR) is 75.5 cm³/mol. The molecule has 1 fully saturated rings. The van der Waals surface area contributed by atoms with Gasteiger partial charge in [-0.05, 0) is 18.4 Å². The van der Waals surface area contributed by atoms with Crippen LogP contribution in [0.4, 0.5) is 0 Å². The van der Waals surface area contributed by atoms with E-state index in [1.165, 1.54) is 16.4 Å². The molecule has 0 radical (unpaired) electrons. The van der Waals surface area contributed by atoms with Crippen LogP contribution in [0.15, 0.2) is 11.4 Å². The monoisotopic (exact) mass is 267 g/mol. The molecule has 0 aromatic carbocycles. The zero-order valence-electron chi connectivity index (χ0n) is 9.98. The van der Waals surface area contributed by atoms with Gasteiger partial charge in [0.2, 0.25) is 0 Å². The lowest BCUT2D eigenvalue weighted by Gasteiger charge is -2.32. The summed E-state index contributed by atoms with van der Waals surface area (Å²) in [6.45, 7) is 4.39. The van der Waals surface area contributed by atoms with Crippen molar-refractivity contribution in [1.82, 2.24) is 4.90 Å². The molecule has 1 saturated heterocycles. The van der Waals surface area contributed by atoms with E-state index in [1.54, 1.807) is 11.3 Å². The van der Waals surface area contributed by atoms with E-state index in [4.69, 9.17) is 5.11 Å². The Morgan fingerprint density at radius 1 is 1.59 bits per heavy atom. The van der Waals surface area contributed by atoms with Crippen LogP contribution >= 0.6 is 23.1 Å². The number of aliphatic hydroxyl groups excluding tert-OH is 1. The highest BCUT2D eigenvalue weighted by atomic mass is 32.2. The van der Waals surface area contributed by atoms with Crippen molar-refractivity contribution in [2.24, 2.45) is 0 Å². The second-order valence-electron chi connectivity index (χ2n) is 4.11. The minimum atomic E-state index is -0.0634. The van der Waals surface area contributed by atoms with Gasteiger partial charge in [0.1, 0.15) is 6.61 Å². The van der Waals surface area contributed by atoms with Gasteiger partial charge in [-0.25, -0.2) is 0 Å². The van der Waals surface area contributed by atoms with Crippen molar-refractivity contribution in [3.8, 4) is 11.8 Å². The molecule has 2 heterocycles. The third kappa shape index (κ3) is 3.49. The lowest BCUT2D eigenvalue weighted by Crippen LogP contribution is -2.39. The molecular weight excluding hydrogens is 250 g/mol. The summed E-state index contributed by atoms with van der Waals surface area (Å²) in [4.78, 5) is 3.84. The first kappa shape index (κ1) is 13.0. The first-order valence-electron chi connectivity index (χ1n) is 5.79. The van der Waals surface area contributed by atoms with E-state index in [9.17, 15) is 0 Å². The highest BCUT2D eigenvalue weighted by Crippen LogP contribution is 2.23. The zero-order valence-corrected chi connectivity index (χ0v) is 11.6. The Morgan fingerprint density at radius 2 is 2.47 bits per heavy atom. The summed E-state index contributed by atoms with van der Waals surface area (Å²) < 4.78 is 0. The number of nitrogens with zero attached hydrogens (tertiary/aromatic N) is 1. The molecule has 4 heteroatoms. The Morgan fingerprint density at radius 3 is 3.24 bits per heavy atom. The molecule has 1 unspecified atom stereocenters. The van der Waals surface area contributed by atoms with Crippen molar-refractivity contribution in [2.45, 2.75) is 19.5 Å². The molecule has 1 aliphatic heterocycles. The molecule has 0 aliphatic carbocycles. The molecule has 1 N–H and O–H groups in total. The quantitative estimate of drug-likeness (QED) is 0.830. The van der Waals surface area contributed by atoms with Crippen molar-refractivity contribution in [3.05, 3.63) is 21.9 Å². The smallest absolute Gasteiger partial charge is 0.104 e. The van der Waals surface area contributed by atoms with E-state index < -0.39 is 0 Å². The fraction of sp³-hybridized carbons (Fsp3) is 0.538. The van der Waals surface area contributed by atoms with Gasteiger partial charge < -0.3 is 5.11 Å². The fourth-order valence-electron chi connectivity index (χ4n) is 1.89. The fourth-order valence-corrected chi connectivity index (χ4v) is 3.83. The molecule has 2 nitrogen and oxygen atoms in total. The average molecular weight is 267 g/mol. The van der Waals surface area contributed by atoms with Gasteiger partial charge >= 0.3 is 0 Å². The van der Waals surface area contributed by atoms with E-state index in [-0.39, 0.29) is 6.61 Å². The van der Waals surface area contributed by atoms with Crippen LogP contribution in [0.3, 0.4) is 0 Å². The molecule has 1 aromatic heterocycles. The van der Waals surface area contributed by atoms with Crippen LogP contribution in [0.25, 0.3) is 0 Å². The number of thioether (sulfide) groups is 1. The number of rotatable bonds is 2. The molecule has 1 aliphatic rings. The van der Waals surface area contributed by atoms with E-state index in [0.29, 0.717) is 6.04 Å². The summed E-state index contributed by atoms with van der Waals surface area (Å²) in [5.41, 5.74) is 1.08. The van der Waals surface area contributed by atoms with Gasteiger partial charge in [-0.1, -0.05) is 11.8 Å². The second kappa shape index (κ2) is 6.46. The van der Waals surface area contributed by atoms with Crippen LogP contribution in [0.5, 0.6) is 0 Å². The highest BCUT2D eigenvalue weighted by Gasteiger charge is 2.19. The zero-order chi connectivity index (χ0) is 12.1. The molecule has 0 spiro atoms. The van der Waals surface area contributed by atoms with Gasteiger partial charge in [0.05, 0.1) is 0 Å². The van der Waals surface area contributed by atoms with Crippen LogP contribution in [-0.4, -0.2) is 40.7 Å². The van der Waals surface area contributed by atoms with Crippen LogP contribution in [-0.2, 0) is 6.54 Å². The van der Waals surface area contributed by atoms with Crippen molar-refractivity contribution in [2.75, 3.05) is 24.7 Å². The molecular formula is C13H17NOS2. The predicted octanol–water partition coefficient (Wildman–Crippen LogP) is 2.03. The summed E-state index contributed by atoms with van der Waals surface area (Å²) >= 11 is 3.80. The third-order valence-electron chi connectivity index (χ3n) is 2.90. The maximum absolute atomic E-state index is 8.74. The molecule has 0 bridgehead atoms. The average Bonchev–Trinajstić information content (AvgIpc) is 2.77. The van der Waals surface area contributed by atoms with Crippen molar-refractivity contribution in [1.29, 1.82) is 0 Å². The summed E-state index contributed by atoms with van der Waals surface area (Å²) in [7, 11) is 0. The third-order valence-corrected chi connectivity index (χ3v) is 4.99. The van der Waals surface area contributed by atoms with Crippen LogP contribution < -0.4 is 0 Å². The maximum atomic E-state index is 8.74. The first-order chi connectivity index (χ1) is 8.31. The lowest BCUT2D eigenvalue weighted by molar-refractivity contribution is 0.226. The molecule has 1 aromatic rings. The number of hydrogen-bond acceptors (Lipinski definition) is 4. The summed E-state index contributed by atoms with van der Waals surface area (Å²) in [5.74, 6) is 8.21. The maximum Gasteiger partial charge on any atom is 0.104 e. The molecule has 92 valence electrons. The summed E-state index contributed by atoms with van der Waals surface area (Å²) in [5, 5.41) is 10.8. The Bertz CT molecular complexity index is 419. The van der Waals surface area contributed by atoms with E-state index in [0.717, 1.165) is 18.7 Å². The Labute approximate surface area is 111 Å². The van der Waals surface area contributed by atoms with Crippen molar-refractivity contribution >= 4 is 23.1 Å². The van der Waals surface area contributed by atoms with E-state index in [1.807, 2.05) is 17.8 Å². The Hall–Kier alpha value is -0.470. The topological polar surface area (TPSA) is 23.5 Å². The van der Waals surface area contributed by atoms with Gasteiger partial charge in [-0.3, -0.25) is 4.90 Å². The Kier molecular flexibility index (Phi) is 4.93. The molecule has 0 amide bonds. The SMILES string of the molecule is CC1CSCCN1Cc1sccc1C#CCO. The van der Waals surface area contributed by atoms with Crippen LogP contribution in [0.1, 0.15) is 17.4 Å². The van der Waals surface area contributed by atoms with E-state index in [2.05, 4.69) is 29.0 Å². The normalized spacial score (nSPS) is 20.9. The molecule has 17 heavy (non-hydrogen) atoms. The molecule has 2 rings (SSSR count). The van der Waals surface area contributed by atoms with Crippen molar-refractivity contribution in [3.63, 3.8) is 0 Å². The van der Waals surface area contributed by atoms with Crippen LogP contribution in [0.2, 0.25) is 0 Å². The largest absolute Gasteiger partial charge is 0.384 e. The highest BCUT2D eigenvalue weighted by molar-refractivity contribution is 7.99. The van der Waals surface area contributed by atoms with Crippen molar-refractivity contribution < 1.29 is 5.11 Å². The standard InChI is InChI=1S/C13H17NOS2/c1-11-10-16-8-5-14(11)9-13-12(3-2-6-15)4-7-17-13/h4,7,11,15H,5-6,8-10H2,1H3. The first-order valence-corrected chi connectivity index (χ1v) is 7.82.